The van der Waals surface area contributed by atoms with E-state index in [2.05, 4.69) is 5.32 Å². The number of benzene rings is 1. The molecular formula is C14H21FN2O4S2. The third kappa shape index (κ3) is 4.09. The highest BCUT2D eigenvalue weighted by atomic mass is 32.2. The molecule has 1 aromatic carbocycles. The highest BCUT2D eigenvalue weighted by molar-refractivity contribution is 7.90. The van der Waals surface area contributed by atoms with Crippen molar-refractivity contribution in [3.63, 3.8) is 0 Å². The van der Waals surface area contributed by atoms with Crippen LogP contribution in [0.15, 0.2) is 28.0 Å². The first-order valence-electron chi connectivity index (χ1n) is 7.30. The lowest BCUT2D eigenvalue weighted by atomic mass is 10.00. The van der Waals surface area contributed by atoms with E-state index in [0.29, 0.717) is 19.6 Å². The molecule has 0 spiro atoms. The SMILES string of the molecule is CNC[C@H]1CCCN(S(=O)(=O)c2ccc(S(C)(=O)=O)c(F)c2)C1. The number of sulfone groups is 1. The van der Waals surface area contributed by atoms with Gasteiger partial charge in [-0.3, -0.25) is 0 Å². The van der Waals surface area contributed by atoms with Crippen LogP contribution in [0.4, 0.5) is 4.39 Å². The first-order valence-corrected chi connectivity index (χ1v) is 10.6. The Balaban J connectivity index is 2.31. The summed E-state index contributed by atoms with van der Waals surface area (Å²) in [5.74, 6) is -0.832. The second kappa shape index (κ2) is 6.84. The number of piperidine rings is 1. The van der Waals surface area contributed by atoms with Gasteiger partial charge in [0, 0.05) is 19.3 Å². The molecule has 0 aliphatic carbocycles. The summed E-state index contributed by atoms with van der Waals surface area (Å²) >= 11 is 0. The number of rotatable bonds is 5. The molecule has 1 atom stereocenters. The van der Waals surface area contributed by atoms with Crippen molar-refractivity contribution in [3.05, 3.63) is 24.0 Å². The van der Waals surface area contributed by atoms with Gasteiger partial charge in [0.2, 0.25) is 10.0 Å². The highest BCUT2D eigenvalue weighted by Crippen LogP contribution is 2.25. The Labute approximate surface area is 136 Å². The molecule has 0 aromatic heterocycles. The molecular weight excluding hydrogens is 343 g/mol. The summed E-state index contributed by atoms with van der Waals surface area (Å²) in [7, 11) is -5.74. The van der Waals surface area contributed by atoms with Gasteiger partial charge in [0.25, 0.3) is 0 Å². The number of hydrogen-bond acceptors (Lipinski definition) is 5. The minimum Gasteiger partial charge on any atom is -0.319 e. The van der Waals surface area contributed by atoms with E-state index in [1.54, 1.807) is 0 Å². The topological polar surface area (TPSA) is 83.6 Å². The predicted molar refractivity (Wildman–Crippen MR) is 84.9 cm³/mol. The van der Waals surface area contributed by atoms with Crippen LogP contribution in [0.3, 0.4) is 0 Å². The monoisotopic (exact) mass is 364 g/mol. The van der Waals surface area contributed by atoms with Crippen molar-refractivity contribution in [3.8, 4) is 0 Å². The second-order valence-electron chi connectivity index (χ2n) is 5.79. The van der Waals surface area contributed by atoms with Gasteiger partial charge in [-0.2, -0.15) is 4.31 Å². The normalized spacial score (nSPS) is 20.6. The molecule has 1 heterocycles. The van der Waals surface area contributed by atoms with Crippen LogP contribution in [0, 0.1) is 11.7 Å². The average Bonchev–Trinajstić information content (AvgIpc) is 2.46. The minimum atomic E-state index is -3.83. The van der Waals surface area contributed by atoms with Crippen molar-refractivity contribution < 1.29 is 21.2 Å². The van der Waals surface area contributed by atoms with Gasteiger partial charge in [-0.1, -0.05) is 0 Å². The van der Waals surface area contributed by atoms with Crippen LogP contribution in [0.5, 0.6) is 0 Å². The first-order chi connectivity index (χ1) is 10.7. The maximum absolute atomic E-state index is 14.0. The number of nitrogens with one attached hydrogen (secondary N) is 1. The van der Waals surface area contributed by atoms with Crippen molar-refractivity contribution in [1.82, 2.24) is 9.62 Å². The summed E-state index contributed by atoms with van der Waals surface area (Å²) < 4.78 is 63.4. The minimum absolute atomic E-state index is 0.212. The number of hydrogen-bond donors (Lipinski definition) is 1. The highest BCUT2D eigenvalue weighted by Gasteiger charge is 2.31. The average molecular weight is 364 g/mol. The van der Waals surface area contributed by atoms with Crippen molar-refractivity contribution >= 4 is 19.9 Å². The summed E-state index contributed by atoms with van der Waals surface area (Å²) in [4.78, 5) is -0.712. The van der Waals surface area contributed by atoms with Gasteiger partial charge in [-0.05, 0) is 50.6 Å². The van der Waals surface area contributed by atoms with Crippen molar-refractivity contribution in [2.75, 3.05) is 32.9 Å². The van der Waals surface area contributed by atoms with Crippen molar-refractivity contribution in [2.24, 2.45) is 5.92 Å². The second-order valence-corrected chi connectivity index (χ2v) is 9.72. The number of nitrogens with zero attached hydrogens (tertiary/aromatic N) is 1. The third-order valence-electron chi connectivity index (χ3n) is 3.92. The molecule has 1 N–H and O–H groups in total. The van der Waals surface area contributed by atoms with Crippen LogP contribution >= 0.6 is 0 Å². The predicted octanol–water partition coefficient (Wildman–Crippen LogP) is 0.849. The molecule has 1 aromatic rings. The first kappa shape index (κ1) is 18.3. The smallest absolute Gasteiger partial charge is 0.243 e. The van der Waals surface area contributed by atoms with E-state index >= 15 is 0 Å². The Bertz CT molecular complexity index is 776. The fourth-order valence-corrected chi connectivity index (χ4v) is 5.09. The molecule has 0 radical (unpaired) electrons. The van der Waals surface area contributed by atoms with Crippen LogP contribution in [0.2, 0.25) is 0 Å². The zero-order chi connectivity index (χ0) is 17.3. The van der Waals surface area contributed by atoms with Gasteiger partial charge >= 0.3 is 0 Å². The summed E-state index contributed by atoms with van der Waals surface area (Å²) in [5, 5.41) is 3.03. The molecule has 2 rings (SSSR count). The van der Waals surface area contributed by atoms with Gasteiger partial charge in [-0.25, -0.2) is 21.2 Å². The lowest BCUT2D eigenvalue weighted by Gasteiger charge is -2.31. The van der Waals surface area contributed by atoms with Gasteiger partial charge in [0.05, 0.1) is 4.90 Å². The maximum Gasteiger partial charge on any atom is 0.243 e. The van der Waals surface area contributed by atoms with Crippen LogP contribution < -0.4 is 5.32 Å². The third-order valence-corrected chi connectivity index (χ3v) is 6.91. The molecule has 1 aliphatic rings. The summed E-state index contributed by atoms with van der Waals surface area (Å²) in [6.45, 7) is 1.48. The quantitative estimate of drug-likeness (QED) is 0.837. The lowest BCUT2D eigenvalue weighted by molar-refractivity contribution is 0.263. The van der Waals surface area contributed by atoms with Gasteiger partial charge < -0.3 is 5.32 Å². The van der Waals surface area contributed by atoms with E-state index in [4.69, 9.17) is 0 Å². The van der Waals surface area contributed by atoms with Crippen LogP contribution in [0.25, 0.3) is 0 Å². The zero-order valence-corrected chi connectivity index (χ0v) is 14.8. The fourth-order valence-electron chi connectivity index (χ4n) is 2.79. The Morgan fingerprint density at radius 2 is 2.00 bits per heavy atom. The van der Waals surface area contributed by atoms with Crippen LogP contribution in [-0.2, 0) is 19.9 Å². The maximum atomic E-state index is 14.0. The standard InChI is InChI=1S/C14H21FN2O4S2/c1-16-9-11-4-3-7-17(10-11)23(20,21)12-5-6-14(13(15)8-12)22(2,18)19/h5-6,8,11,16H,3-4,7,9-10H2,1-2H3/t11-/m1/s1. The summed E-state index contributed by atoms with van der Waals surface area (Å²) in [6, 6.07) is 2.94. The molecule has 1 saturated heterocycles. The van der Waals surface area contributed by atoms with Gasteiger partial charge in [0.1, 0.15) is 10.7 Å². The number of sulfonamides is 1. The van der Waals surface area contributed by atoms with Crippen LogP contribution in [0.1, 0.15) is 12.8 Å². The molecule has 0 unspecified atom stereocenters. The Morgan fingerprint density at radius 3 is 2.57 bits per heavy atom. The van der Waals surface area contributed by atoms with E-state index < -0.39 is 30.6 Å². The summed E-state index contributed by atoms with van der Waals surface area (Å²) in [6.07, 6.45) is 2.57. The van der Waals surface area contributed by atoms with Crippen molar-refractivity contribution in [2.45, 2.75) is 22.6 Å². The number of halogens is 1. The Morgan fingerprint density at radius 1 is 1.30 bits per heavy atom. The molecule has 0 bridgehead atoms. The fraction of sp³-hybridized carbons (Fsp3) is 0.571. The molecule has 1 fully saturated rings. The lowest BCUT2D eigenvalue weighted by Crippen LogP contribution is -2.42. The molecule has 0 saturated carbocycles. The van der Waals surface area contributed by atoms with E-state index in [1.165, 1.54) is 4.31 Å². The molecule has 130 valence electrons. The van der Waals surface area contributed by atoms with Crippen molar-refractivity contribution in [1.29, 1.82) is 0 Å². The molecule has 6 nitrogen and oxygen atoms in total. The van der Waals surface area contributed by atoms with E-state index in [-0.39, 0.29) is 10.8 Å². The largest absolute Gasteiger partial charge is 0.319 e. The van der Waals surface area contributed by atoms with Gasteiger partial charge in [-0.15, -0.1) is 0 Å². The van der Waals surface area contributed by atoms with E-state index in [1.807, 2.05) is 7.05 Å². The zero-order valence-electron chi connectivity index (χ0n) is 13.1. The van der Waals surface area contributed by atoms with Crippen LogP contribution in [-0.4, -0.2) is 54.1 Å². The Hall–Kier alpha value is -1.03. The van der Waals surface area contributed by atoms with E-state index in [9.17, 15) is 21.2 Å². The molecule has 1 aliphatic heterocycles. The molecule has 23 heavy (non-hydrogen) atoms. The molecule has 0 amide bonds. The van der Waals surface area contributed by atoms with Gasteiger partial charge in [0.15, 0.2) is 9.84 Å². The summed E-state index contributed by atoms with van der Waals surface area (Å²) in [5.41, 5.74) is 0. The Kier molecular flexibility index (Phi) is 5.44. The molecule has 9 heteroatoms. The van der Waals surface area contributed by atoms with E-state index in [0.717, 1.165) is 37.3 Å².